The van der Waals surface area contributed by atoms with Crippen molar-refractivity contribution in [1.82, 2.24) is 9.71 Å². The minimum Gasteiger partial charge on any atom is -0.477 e. The van der Waals surface area contributed by atoms with Crippen molar-refractivity contribution >= 4 is 5.95 Å². The molecule has 0 spiro atoms. The molecule has 1 aromatic heterocycles. The first kappa shape index (κ1) is 10.4. The van der Waals surface area contributed by atoms with Gasteiger partial charge in [-0.25, -0.2) is 0 Å². The first-order chi connectivity index (χ1) is 6.69. The van der Waals surface area contributed by atoms with E-state index in [2.05, 4.69) is 9.98 Å². The maximum Gasteiger partial charge on any atom is 0.239 e. The lowest BCUT2D eigenvalue weighted by molar-refractivity contribution is 0.172. The van der Waals surface area contributed by atoms with Crippen LogP contribution in [0, 0.1) is 0 Å². The van der Waals surface area contributed by atoms with Crippen LogP contribution >= 0.6 is 0 Å². The highest BCUT2D eigenvalue weighted by molar-refractivity contribution is 5.21. The molecule has 0 atom stereocenters. The monoisotopic (exact) mass is 198 g/mol. The first-order valence-electron chi connectivity index (χ1n) is 4.33. The summed E-state index contributed by atoms with van der Waals surface area (Å²) in [5, 5.41) is 9.33. The van der Waals surface area contributed by atoms with E-state index in [4.69, 9.17) is 10.5 Å². The summed E-state index contributed by atoms with van der Waals surface area (Å²) in [5.41, 5.74) is 5.74. The zero-order valence-corrected chi connectivity index (χ0v) is 8.27. The van der Waals surface area contributed by atoms with Crippen molar-refractivity contribution in [3.05, 3.63) is 11.6 Å². The lowest BCUT2D eigenvalue weighted by atomic mass is 10.5. The topological polar surface area (TPSA) is 85.7 Å². The van der Waals surface area contributed by atoms with E-state index in [-0.39, 0.29) is 5.95 Å². The van der Waals surface area contributed by atoms with Gasteiger partial charge in [0.05, 0.1) is 6.61 Å². The molecule has 0 aliphatic rings. The lowest BCUT2D eigenvalue weighted by Gasteiger charge is -2.06. The predicted octanol–water partition coefficient (Wildman–Crippen LogP) is 0.0219. The third kappa shape index (κ3) is 2.15. The fourth-order valence-corrected chi connectivity index (χ4v) is 0.921. The number of nitrogens with two attached hydrogens (primary N) is 1. The van der Waals surface area contributed by atoms with Crippen LogP contribution in [0.1, 0.15) is 13.3 Å². The van der Waals surface area contributed by atoms with Crippen LogP contribution in [0.4, 0.5) is 5.95 Å². The maximum absolute atomic E-state index is 9.33. The second kappa shape index (κ2) is 4.50. The van der Waals surface area contributed by atoms with Crippen molar-refractivity contribution in [2.45, 2.75) is 13.3 Å². The SMILES string of the molecule is CCCOc1cc(=NC)n(O)c(N)n1. The highest BCUT2D eigenvalue weighted by Gasteiger charge is 2.02. The van der Waals surface area contributed by atoms with Crippen LogP contribution in [0.2, 0.25) is 0 Å². The van der Waals surface area contributed by atoms with E-state index in [1.54, 1.807) is 7.05 Å². The predicted molar refractivity (Wildman–Crippen MR) is 51.1 cm³/mol. The molecule has 78 valence electrons. The zero-order chi connectivity index (χ0) is 10.6. The maximum atomic E-state index is 9.33. The van der Waals surface area contributed by atoms with E-state index in [1.165, 1.54) is 6.07 Å². The standard InChI is InChI=1S/C8H14N4O2/c1-3-4-14-7-5-6(10-2)12(13)8(9)11-7/h5,13H,3-4H2,1-2H3,(H2,9,11). The number of hydrogen-bond acceptors (Lipinski definition) is 5. The molecule has 1 aromatic rings. The van der Waals surface area contributed by atoms with Crippen molar-refractivity contribution in [1.29, 1.82) is 0 Å². The summed E-state index contributed by atoms with van der Waals surface area (Å²) in [6.45, 7) is 2.55. The molecule has 0 aliphatic carbocycles. The summed E-state index contributed by atoms with van der Waals surface area (Å²) < 4.78 is 5.97. The van der Waals surface area contributed by atoms with Gasteiger partial charge >= 0.3 is 0 Å². The van der Waals surface area contributed by atoms with Gasteiger partial charge in [-0.3, -0.25) is 4.99 Å². The summed E-state index contributed by atoms with van der Waals surface area (Å²) in [6.07, 6.45) is 0.883. The number of nitrogen functional groups attached to an aromatic ring is 1. The highest BCUT2D eigenvalue weighted by Crippen LogP contribution is 2.04. The average Bonchev–Trinajstić information content (AvgIpc) is 2.19. The zero-order valence-electron chi connectivity index (χ0n) is 8.27. The van der Waals surface area contributed by atoms with E-state index < -0.39 is 0 Å². The van der Waals surface area contributed by atoms with Crippen LogP contribution < -0.4 is 16.0 Å². The fraction of sp³-hybridized carbons (Fsp3) is 0.500. The molecule has 14 heavy (non-hydrogen) atoms. The largest absolute Gasteiger partial charge is 0.477 e. The minimum atomic E-state index is -0.0424. The molecule has 0 radical (unpaired) electrons. The van der Waals surface area contributed by atoms with Crippen LogP contribution in [0.5, 0.6) is 5.88 Å². The van der Waals surface area contributed by atoms with Crippen LogP contribution in [-0.4, -0.2) is 28.6 Å². The molecule has 0 bridgehead atoms. The Morgan fingerprint density at radius 2 is 2.43 bits per heavy atom. The van der Waals surface area contributed by atoms with Crippen molar-refractivity contribution in [2.24, 2.45) is 4.99 Å². The average molecular weight is 198 g/mol. The molecule has 6 heteroatoms. The van der Waals surface area contributed by atoms with Gasteiger partial charge in [0.25, 0.3) is 0 Å². The molecule has 0 unspecified atom stereocenters. The number of nitrogens with zero attached hydrogens (tertiary/aromatic N) is 3. The van der Waals surface area contributed by atoms with Crippen LogP contribution in [-0.2, 0) is 0 Å². The molecule has 0 saturated heterocycles. The molecule has 0 amide bonds. The van der Waals surface area contributed by atoms with Crippen molar-refractivity contribution in [3.63, 3.8) is 0 Å². The molecular weight excluding hydrogens is 184 g/mol. The summed E-state index contributed by atoms with van der Waals surface area (Å²) in [6, 6.07) is 1.52. The molecule has 1 rings (SSSR count). The summed E-state index contributed by atoms with van der Waals surface area (Å²) in [5.74, 6) is 0.328. The molecule has 1 heterocycles. The normalized spacial score (nSPS) is 11.7. The first-order valence-corrected chi connectivity index (χ1v) is 4.33. The molecule has 0 aromatic carbocycles. The third-order valence-electron chi connectivity index (χ3n) is 1.59. The molecule has 3 N–H and O–H groups in total. The van der Waals surface area contributed by atoms with Crippen LogP contribution in [0.25, 0.3) is 0 Å². The molecule has 0 saturated carbocycles. The van der Waals surface area contributed by atoms with Crippen molar-refractivity contribution in [3.8, 4) is 5.88 Å². The van der Waals surface area contributed by atoms with Gasteiger partial charge in [-0.2, -0.15) is 4.98 Å². The second-order valence-electron chi connectivity index (χ2n) is 2.69. The van der Waals surface area contributed by atoms with E-state index in [0.29, 0.717) is 22.7 Å². The summed E-state index contributed by atoms with van der Waals surface area (Å²) >= 11 is 0. The Labute approximate surface area is 81.6 Å². The van der Waals surface area contributed by atoms with Gasteiger partial charge in [0.15, 0.2) is 5.49 Å². The Kier molecular flexibility index (Phi) is 3.33. The van der Waals surface area contributed by atoms with E-state index in [1.807, 2.05) is 6.92 Å². The third-order valence-corrected chi connectivity index (χ3v) is 1.59. The van der Waals surface area contributed by atoms with Gasteiger partial charge in [0.1, 0.15) is 0 Å². The number of hydrogen-bond donors (Lipinski definition) is 2. The number of aromatic nitrogens is 2. The number of ether oxygens (including phenoxy) is 1. The Hall–Kier alpha value is -1.72. The minimum absolute atomic E-state index is 0.0424. The smallest absolute Gasteiger partial charge is 0.239 e. The molecule has 6 nitrogen and oxygen atoms in total. The fourth-order valence-electron chi connectivity index (χ4n) is 0.921. The number of anilines is 1. The summed E-state index contributed by atoms with van der Waals surface area (Å²) in [4.78, 5) is 7.64. The van der Waals surface area contributed by atoms with Crippen molar-refractivity contribution < 1.29 is 9.94 Å². The van der Waals surface area contributed by atoms with Gasteiger partial charge in [0.2, 0.25) is 11.8 Å². The van der Waals surface area contributed by atoms with Gasteiger partial charge in [-0.1, -0.05) is 6.92 Å². The van der Waals surface area contributed by atoms with Crippen LogP contribution in [0.3, 0.4) is 0 Å². The quantitative estimate of drug-likeness (QED) is 0.670. The highest BCUT2D eigenvalue weighted by atomic mass is 16.5. The summed E-state index contributed by atoms with van der Waals surface area (Å²) in [7, 11) is 1.55. The molecule has 0 fully saturated rings. The Bertz CT molecular complexity index is 372. The van der Waals surface area contributed by atoms with E-state index in [9.17, 15) is 5.21 Å². The Balaban J connectivity index is 3.05. The van der Waals surface area contributed by atoms with E-state index >= 15 is 0 Å². The lowest BCUT2D eigenvalue weighted by Crippen LogP contribution is -2.23. The number of rotatable bonds is 3. The Morgan fingerprint density at radius 1 is 1.71 bits per heavy atom. The van der Waals surface area contributed by atoms with Gasteiger partial charge in [-0.15, -0.1) is 4.73 Å². The van der Waals surface area contributed by atoms with Gasteiger partial charge in [0, 0.05) is 13.1 Å². The van der Waals surface area contributed by atoms with Crippen LogP contribution in [0.15, 0.2) is 11.1 Å². The second-order valence-corrected chi connectivity index (χ2v) is 2.69. The van der Waals surface area contributed by atoms with Crippen molar-refractivity contribution in [2.75, 3.05) is 19.4 Å². The Morgan fingerprint density at radius 3 is 3.00 bits per heavy atom. The molecular formula is C8H14N4O2. The van der Waals surface area contributed by atoms with E-state index in [0.717, 1.165) is 6.42 Å². The molecule has 0 aliphatic heterocycles. The van der Waals surface area contributed by atoms with Gasteiger partial charge in [-0.05, 0) is 6.42 Å². The van der Waals surface area contributed by atoms with Gasteiger partial charge < -0.3 is 15.7 Å².